The van der Waals surface area contributed by atoms with Crippen molar-refractivity contribution in [3.05, 3.63) is 36.5 Å². The molecular weight excluding hydrogens is 292 g/mol. The number of unbranched alkanes of at least 4 members (excludes halogenated alkanes) is 7. The van der Waals surface area contributed by atoms with Gasteiger partial charge in [0.2, 0.25) is 5.24 Å². The molecule has 0 unspecified atom stereocenters. The second-order valence-corrected chi connectivity index (χ2v) is 6.11. The van der Waals surface area contributed by atoms with Gasteiger partial charge < -0.3 is 0 Å². The summed E-state index contributed by atoms with van der Waals surface area (Å²) in [6, 6.07) is 0. The molecule has 0 spiro atoms. The van der Waals surface area contributed by atoms with E-state index in [1.54, 1.807) is 0 Å². The normalized spacial score (nSPS) is 12.1. The van der Waals surface area contributed by atoms with Crippen LogP contribution in [0.5, 0.6) is 0 Å². The molecular formula is C20H33ClO. The molecule has 0 N–H and O–H groups in total. The maximum absolute atomic E-state index is 10.5. The van der Waals surface area contributed by atoms with Crippen LogP contribution < -0.4 is 0 Å². The second-order valence-electron chi connectivity index (χ2n) is 5.69. The molecule has 0 rings (SSSR count). The highest BCUT2D eigenvalue weighted by Gasteiger charge is 1.92. The summed E-state index contributed by atoms with van der Waals surface area (Å²) in [6.07, 6.45) is 27.0. The molecule has 0 amide bonds. The van der Waals surface area contributed by atoms with E-state index in [1.807, 2.05) is 0 Å². The molecule has 0 aliphatic heterocycles. The Hall–Kier alpha value is -0.820. The lowest BCUT2D eigenvalue weighted by atomic mass is 10.1. The molecule has 0 atom stereocenters. The van der Waals surface area contributed by atoms with E-state index >= 15 is 0 Å². The maximum Gasteiger partial charge on any atom is 0.221 e. The van der Waals surface area contributed by atoms with Gasteiger partial charge in [0, 0.05) is 6.42 Å². The summed E-state index contributed by atoms with van der Waals surface area (Å²) in [5.41, 5.74) is 0. The molecule has 126 valence electrons. The summed E-state index contributed by atoms with van der Waals surface area (Å²) in [7, 11) is 0. The first-order chi connectivity index (χ1) is 10.8. The fraction of sp³-hybridized carbons (Fsp3) is 0.650. The number of carbonyl (C=O) groups excluding carboxylic acids is 1. The van der Waals surface area contributed by atoms with Crippen LogP contribution in [-0.2, 0) is 4.79 Å². The smallest absolute Gasteiger partial charge is 0.221 e. The molecule has 0 aliphatic rings. The molecule has 0 saturated carbocycles. The van der Waals surface area contributed by atoms with Crippen LogP contribution in [0.1, 0.15) is 84.0 Å². The van der Waals surface area contributed by atoms with E-state index in [1.165, 1.54) is 44.9 Å². The number of carbonyl (C=O) groups is 1. The van der Waals surface area contributed by atoms with Crippen LogP contribution in [0.25, 0.3) is 0 Å². The largest absolute Gasteiger partial charge is 0.281 e. The summed E-state index contributed by atoms with van der Waals surface area (Å²) >= 11 is 5.27. The van der Waals surface area contributed by atoms with Crippen molar-refractivity contribution < 1.29 is 4.79 Å². The minimum atomic E-state index is -0.235. The highest BCUT2D eigenvalue weighted by Crippen LogP contribution is 2.07. The van der Waals surface area contributed by atoms with Crippen molar-refractivity contribution in [3.8, 4) is 0 Å². The summed E-state index contributed by atoms with van der Waals surface area (Å²) in [5.74, 6) is 0. The SMILES string of the molecule is CCCCCCCC/C=C/C/C=C/C/C=C/CCCC(=O)Cl. The van der Waals surface area contributed by atoms with Crippen molar-refractivity contribution in [2.75, 3.05) is 0 Å². The molecule has 2 heteroatoms. The van der Waals surface area contributed by atoms with Crippen molar-refractivity contribution in [1.82, 2.24) is 0 Å². The van der Waals surface area contributed by atoms with Crippen LogP contribution in [-0.4, -0.2) is 5.24 Å². The molecule has 1 nitrogen and oxygen atoms in total. The zero-order valence-electron chi connectivity index (χ0n) is 14.2. The van der Waals surface area contributed by atoms with E-state index < -0.39 is 0 Å². The quantitative estimate of drug-likeness (QED) is 0.178. The van der Waals surface area contributed by atoms with Gasteiger partial charge in [-0.15, -0.1) is 0 Å². The Labute approximate surface area is 142 Å². The lowest BCUT2D eigenvalue weighted by Crippen LogP contribution is -1.83. The zero-order valence-corrected chi connectivity index (χ0v) is 15.0. The van der Waals surface area contributed by atoms with E-state index in [0.29, 0.717) is 6.42 Å². The average Bonchev–Trinajstić information content (AvgIpc) is 2.50. The standard InChI is InChI=1S/C20H33ClO/c1-2-3-4-5-6-7-8-9-10-11-12-13-14-15-16-17-18-19-20(21)22/h9-10,12-13,15-16H,2-8,11,14,17-19H2,1H3/b10-9+,13-12+,16-15+. The second kappa shape index (κ2) is 18.2. The Kier molecular flexibility index (Phi) is 17.6. The number of hydrogen-bond donors (Lipinski definition) is 0. The Morgan fingerprint density at radius 1 is 0.727 bits per heavy atom. The molecule has 0 aliphatic carbocycles. The van der Waals surface area contributed by atoms with Gasteiger partial charge in [-0.2, -0.15) is 0 Å². The minimum absolute atomic E-state index is 0.235. The van der Waals surface area contributed by atoms with Gasteiger partial charge in [-0.25, -0.2) is 0 Å². The van der Waals surface area contributed by atoms with Crippen LogP contribution in [0.2, 0.25) is 0 Å². The van der Waals surface area contributed by atoms with Gasteiger partial charge in [-0.05, 0) is 50.1 Å². The lowest BCUT2D eigenvalue weighted by Gasteiger charge is -1.97. The monoisotopic (exact) mass is 324 g/mol. The van der Waals surface area contributed by atoms with Gasteiger partial charge in [0.05, 0.1) is 0 Å². The van der Waals surface area contributed by atoms with Crippen molar-refractivity contribution >= 4 is 16.8 Å². The highest BCUT2D eigenvalue weighted by atomic mass is 35.5. The first-order valence-electron chi connectivity index (χ1n) is 8.90. The topological polar surface area (TPSA) is 17.1 Å². The molecule has 22 heavy (non-hydrogen) atoms. The predicted molar refractivity (Wildman–Crippen MR) is 99.4 cm³/mol. The van der Waals surface area contributed by atoms with Gasteiger partial charge in [-0.3, -0.25) is 4.79 Å². The number of hydrogen-bond acceptors (Lipinski definition) is 1. The molecule has 0 radical (unpaired) electrons. The van der Waals surface area contributed by atoms with E-state index in [0.717, 1.165) is 25.7 Å². The number of halogens is 1. The lowest BCUT2D eigenvalue weighted by molar-refractivity contribution is -0.111. The van der Waals surface area contributed by atoms with Gasteiger partial charge in [0.15, 0.2) is 0 Å². The molecule has 0 saturated heterocycles. The van der Waals surface area contributed by atoms with E-state index in [4.69, 9.17) is 11.6 Å². The molecule has 0 aromatic carbocycles. The van der Waals surface area contributed by atoms with Gasteiger partial charge in [0.25, 0.3) is 0 Å². The Morgan fingerprint density at radius 3 is 1.82 bits per heavy atom. The maximum atomic E-state index is 10.5. The number of allylic oxidation sites excluding steroid dienone is 6. The van der Waals surface area contributed by atoms with Crippen LogP contribution in [0.15, 0.2) is 36.5 Å². The van der Waals surface area contributed by atoms with Crippen molar-refractivity contribution in [1.29, 1.82) is 0 Å². The first kappa shape index (κ1) is 21.2. The zero-order chi connectivity index (χ0) is 16.3. The van der Waals surface area contributed by atoms with E-state index in [9.17, 15) is 4.79 Å². The molecule has 0 aromatic rings. The summed E-state index contributed by atoms with van der Waals surface area (Å²) in [6.45, 7) is 2.26. The van der Waals surface area contributed by atoms with Crippen LogP contribution in [0.3, 0.4) is 0 Å². The predicted octanol–water partition coefficient (Wildman–Crippen LogP) is 7.12. The van der Waals surface area contributed by atoms with Crippen LogP contribution >= 0.6 is 11.6 Å². The third-order valence-electron chi connectivity index (χ3n) is 3.51. The summed E-state index contributed by atoms with van der Waals surface area (Å²) in [5, 5.41) is -0.235. The van der Waals surface area contributed by atoms with Crippen molar-refractivity contribution in [2.45, 2.75) is 84.0 Å². The fourth-order valence-electron chi connectivity index (χ4n) is 2.18. The summed E-state index contributed by atoms with van der Waals surface area (Å²) < 4.78 is 0. The van der Waals surface area contributed by atoms with Crippen molar-refractivity contribution in [3.63, 3.8) is 0 Å². The van der Waals surface area contributed by atoms with Gasteiger partial charge in [-0.1, -0.05) is 75.5 Å². The summed E-state index contributed by atoms with van der Waals surface area (Å²) in [4.78, 5) is 10.5. The highest BCUT2D eigenvalue weighted by molar-refractivity contribution is 6.63. The molecule has 0 bridgehead atoms. The minimum Gasteiger partial charge on any atom is -0.281 e. The first-order valence-corrected chi connectivity index (χ1v) is 9.28. The molecule has 0 fully saturated rings. The Balaban J connectivity index is 3.30. The van der Waals surface area contributed by atoms with Crippen molar-refractivity contribution in [2.24, 2.45) is 0 Å². The fourth-order valence-corrected chi connectivity index (χ4v) is 2.31. The average molecular weight is 325 g/mol. The third-order valence-corrected chi connectivity index (χ3v) is 3.70. The van der Waals surface area contributed by atoms with Gasteiger partial charge in [0.1, 0.15) is 0 Å². The van der Waals surface area contributed by atoms with E-state index in [-0.39, 0.29) is 5.24 Å². The Morgan fingerprint density at radius 2 is 1.23 bits per heavy atom. The van der Waals surface area contributed by atoms with Crippen LogP contribution in [0.4, 0.5) is 0 Å². The van der Waals surface area contributed by atoms with E-state index in [2.05, 4.69) is 43.4 Å². The number of rotatable bonds is 15. The molecule has 0 heterocycles. The third kappa shape index (κ3) is 19.2. The van der Waals surface area contributed by atoms with Crippen LogP contribution in [0, 0.1) is 0 Å². The molecule has 0 aromatic heterocycles. The Bertz CT molecular complexity index is 329. The van der Waals surface area contributed by atoms with Gasteiger partial charge >= 0.3 is 0 Å².